The summed E-state index contributed by atoms with van der Waals surface area (Å²) in [4.78, 5) is 7.32. The quantitative estimate of drug-likeness (QED) is 0.344. The van der Waals surface area contributed by atoms with Crippen molar-refractivity contribution in [3.05, 3.63) is 23.8 Å². The largest absolute Gasteiger partial charge is 0.497 e. The number of likely N-dealkylation sites (tertiary alicyclic amines) is 1. The number of nitrogens with zero attached hydrogens (tertiary/aromatic N) is 2. The summed E-state index contributed by atoms with van der Waals surface area (Å²) in [5.74, 6) is 2.45. The molecule has 0 aliphatic carbocycles. The number of unbranched alkanes of at least 4 members (excludes halogenated alkanes) is 2. The third-order valence-corrected chi connectivity index (χ3v) is 5.14. The monoisotopic (exact) mass is 390 g/mol. The van der Waals surface area contributed by atoms with Crippen molar-refractivity contribution in [2.45, 2.75) is 52.0 Å². The number of guanidine groups is 1. The van der Waals surface area contributed by atoms with E-state index in [1.165, 1.54) is 58.2 Å². The average Bonchev–Trinajstić information content (AvgIpc) is 2.74. The van der Waals surface area contributed by atoms with Gasteiger partial charge in [-0.2, -0.15) is 0 Å². The highest BCUT2D eigenvalue weighted by Crippen LogP contribution is 2.25. The van der Waals surface area contributed by atoms with Crippen LogP contribution in [0.5, 0.6) is 11.5 Å². The molecule has 158 valence electrons. The molecule has 0 saturated carbocycles. The molecule has 0 radical (unpaired) electrons. The van der Waals surface area contributed by atoms with Gasteiger partial charge in [0, 0.05) is 24.7 Å². The van der Waals surface area contributed by atoms with Gasteiger partial charge in [0.15, 0.2) is 5.96 Å². The number of nitrogens with one attached hydrogen (secondary N) is 2. The molecule has 0 spiro atoms. The van der Waals surface area contributed by atoms with E-state index in [0.717, 1.165) is 36.1 Å². The Morgan fingerprint density at radius 2 is 1.86 bits per heavy atom. The molecule has 1 aromatic carbocycles. The summed E-state index contributed by atoms with van der Waals surface area (Å²) >= 11 is 0. The van der Waals surface area contributed by atoms with Gasteiger partial charge < -0.3 is 25.0 Å². The van der Waals surface area contributed by atoms with E-state index in [1.807, 2.05) is 18.2 Å². The number of hydrogen-bond acceptors (Lipinski definition) is 4. The molecule has 0 bridgehead atoms. The van der Waals surface area contributed by atoms with E-state index in [2.05, 4.69) is 22.5 Å². The predicted molar refractivity (Wildman–Crippen MR) is 117 cm³/mol. The SMILES string of the molecule is CCNC(=NCc1ccc(OC)cc1OC)NCCCCCN1CCCCC1. The molecule has 2 rings (SSSR count). The highest BCUT2D eigenvalue weighted by Gasteiger charge is 2.09. The lowest BCUT2D eigenvalue weighted by Crippen LogP contribution is -2.37. The summed E-state index contributed by atoms with van der Waals surface area (Å²) in [6.07, 6.45) is 7.89. The first-order chi connectivity index (χ1) is 13.8. The maximum atomic E-state index is 5.46. The Bertz CT molecular complexity index is 586. The fourth-order valence-electron chi connectivity index (χ4n) is 3.52. The van der Waals surface area contributed by atoms with Crippen molar-refractivity contribution in [1.82, 2.24) is 15.5 Å². The van der Waals surface area contributed by atoms with Gasteiger partial charge in [-0.1, -0.05) is 12.8 Å². The molecular formula is C22H38N4O2. The van der Waals surface area contributed by atoms with Crippen molar-refractivity contribution in [2.24, 2.45) is 4.99 Å². The highest BCUT2D eigenvalue weighted by molar-refractivity contribution is 5.79. The Labute approximate surface area is 170 Å². The van der Waals surface area contributed by atoms with Gasteiger partial charge in [-0.15, -0.1) is 0 Å². The van der Waals surface area contributed by atoms with Crippen LogP contribution >= 0.6 is 0 Å². The number of benzene rings is 1. The second kappa shape index (κ2) is 13.3. The van der Waals surface area contributed by atoms with Crippen LogP contribution in [0.4, 0.5) is 0 Å². The highest BCUT2D eigenvalue weighted by atomic mass is 16.5. The number of rotatable bonds is 11. The molecular weight excluding hydrogens is 352 g/mol. The van der Waals surface area contributed by atoms with E-state index < -0.39 is 0 Å². The average molecular weight is 391 g/mol. The second-order valence-electron chi connectivity index (χ2n) is 7.26. The summed E-state index contributed by atoms with van der Waals surface area (Å²) < 4.78 is 10.7. The van der Waals surface area contributed by atoms with Crippen molar-refractivity contribution < 1.29 is 9.47 Å². The first-order valence-electron chi connectivity index (χ1n) is 10.7. The number of ether oxygens (including phenoxy) is 2. The van der Waals surface area contributed by atoms with E-state index in [0.29, 0.717) is 6.54 Å². The van der Waals surface area contributed by atoms with Crippen molar-refractivity contribution in [3.8, 4) is 11.5 Å². The molecule has 1 aromatic rings. The number of piperidine rings is 1. The molecule has 6 nitrogen and oxygen atoms in total. The Morgan fingerprint density at radius 3 is 2.57 bits per heavy atom. The fraction of sp³-hybridized carbons (Fsp3) is 0.682. The van der Waals surface area contributed by atoms with E-state index in [1.54, 1.807) is 14.2 Å². The summed E-state index contributed by atoms with van der Waals surface area (Å²) in [7, 11) is 3.33. The van der Waals surface area contributed by atoms with Gasteiger partial charge in [0.25, 0.3) is 0 Å². The third kappa shape index (κ3) is 7.97. The fourth-order valence-corrected chi connectivity index (χ4v) is 3.52. The minimum absolute atomic E-state index is 0.567. The van der Waals surface area contributed by atoms with Gasteiger partial charge >= 0.3 is 0 Å². The van der Waals surface area contributed by atoms with Crippen LogP contribution in [-0.2, 0) is 6.54 Å². The van der Waals surface area contributed by atoms with Crippen LogP contribution in [0.3, 0.4) is 0 Å². The van der Waals surface area contributed by atoms with Gasteiger partial charge in [0.05, 0.1) is 20.8 Å². The van der Waals surface area contributed by atoms with E-state index in [4.69, 9.17) is 14.5 Å². The molecule has 1 aliphatic rings. The summed E-state index contributed by atoms with van der Waals surface area (Å²) in [6.45, 7) is 8.30. The zero-order valence-corrected chi connectivity index (χ0v) is 17.9. The van der Waals surface area contributed by atoms with Crippen molar-refractivity contribution in [2.75, 3.05) is 46.9 Å². The van der Waals surface area contributed by atoms with Crippen LogP contribution in [0.15, 0.2) is 23.2 Å². The number of aliphatic imine (C=N–C) groups is 1. The number of methoxy groups -OCH3 is 2. The van der Waals surface area contributed by atoms with Crippen LogP contribution in [0, 0.1) is 0 Å². The van der Waals surface area contributed by atoms with Crippen LogP contribution in [0.25, 0.3) is 0 Å². The standard InChI is InChI=1S/C22H38N4O2/c1-4-23-22(24-13-7-5-8-14-26-15-9-6-10-16-26)25-18-19-11-12-20(27-2)17-21(19)28-3/h11-12,17H,4-10,13-16,18H2,1-3H3,(H2,23,24,25). The van der Waals surface area contributed by atoms with Gasteiger partial charge in [-0.3, -0.25) is 0 Å². The van der Waals surface area contributed by atoms with Crippen molar-refractivity contribution in [1.29, 1.82) is 0 Å². The van der Waals surface area contributed by atoms with Gasteiger partial charge in [0.1, 0.15) is 11.5 Å². The summed E-state index contributed by atoms with van der Waals surface area (Å²) in [5, 5.41) is 6.77. The second-order valence-corrected chi connectivity index (χ2v) is 7.26. The maximum Gasteiger partial charge on any atom is 0.191 e. The molecule has 6 heteroatoms. The van der Waals surface area contributed by atoms with E-state index in [9.17, 15) is 0 Å². The Kier molecular flexibility index (Phi) is 10.6. The van der Waals surface area contributed by atoms with Crippen LogP contribution < -0.4 is 20.1 Å². The first kappa shape index (κ1) is 22.3. The minimum atomic E-state index is 0.567. The lowest BCUT2D eigenvalue weighted by Gasteiger charge is -2.26. The molecule has 0 unspecified atom stereocenters. The van der Waals surface area contributed by atoms with Gasteiger partial charge in [-0.25, -0.2) is 4.99 Å². The summed E-state index contributed by atoms with van der Waals surface area (Å²) in [5.41, 5.74) is 1.04. The predicted octanol–water partition coefficient (Wildman–Crippen LogP) is 3.42. The lowest BCUT2D eigenvalue weighted by molar-refractivity contribution is 0.224. The molecule has 1 fully saturated rings. The van der Waals surface area contributed by atoms with E-state index >= 15 is 0 Å². The topological polar surface area (TPSA) is 58.1 Å². The maximum absolute atomic E-state index is 5.46. The van der Waals surface area contributed by atoms with Crippen molar-refractivity contribution in [3.63, 3.8) is 0 Å². The molecule has 1 aliphatic heterocycles. The normalized spacial score (nSPS) is 15.3. The minimum Gasteiger partial charge on any atom is -0.497 e. The van der Waals surface area contributed by atoms with Gasteiger partial charge in [0.2, 0.25) is 0 Å². The third-order valence-electron chi connectivity index (χ3n) is 5.14. The Balaban J connectivity index is 1.72. The van der Waals surface area contributed by atoms with E-state index in [-0.39, 0.29) is 0 Å². The van der Waals surface area contributed by atoms with Crippen LogP contribution in [0.1, 0.15) is 51.0 Å². The Morgan fingerprint density at radius 1 is 1.04 bits per heavy atom. The van der Waals surface area contributed by atoms with Crippen LogP contribution in [-0.4, -0.2) is 57.8 Å². The molecule has 0 atom stereocenters. The zero-order chi connectivity index (χ0) is 20.0. The lowest BCUT2D eigenvalue weighted by atomic mass is 10.1. The first-order valence-corrected chi connectivity index (χ1v) is 10.7. The Hall–Kier alpha value is -1.95. The van der Waals surface area contributed by atoms with Gasteiger partial charge in [-0.05, 0) is 64.4 Å². The molecule has 0 aromatic heterocycles. The molecule has 28 heavy (non-hydrogen) atoms. The molecule has 0 amide bonds. The molecule has 1 heterocycles. The molecule has 1 saturated heterocycles. The zero-order valence-electron chi connectivity index (χ0n) is 17.9. The van der Waals surface area contributed by atoms with Crippen LogP contribution in [0.2, 0.25) is 0 Å². The summed E-state index contributed by atoms with van der Waals surface area (Å²) in [6, 6.07) is 5.84. The molecule has 2 N–H and O–H groups in total. The smallest absolute Gasteiger partial charge is 0.191 e. The number of hydrogen-bond donors (Lipinski definition) is 2. The van der Waals surface area contributed by atoms with Crippen molar-refractivity contribution >= 4 is 5.96 Å².